The Morgan fingerprint density at radius 2 is 1.12 bits per heavy atom. The van der Waals surface area contributed by atoms with Gasteiger partial charge in [0.2, 0.25) is 0 Å². The minimum Gasteiger partial charge on any atom is -0.512 e. The van der Waals surface area contributed by atoms with E-state index < -0.39 is 0 Å². The van der Waals surface area contributed by atoms with Crippen molar-refractivity contribution in [3.8, 4) is 0 Å². The van der Waals surface area contributed by atoms with Gasteiger partial charge >= 0.3 is 54.8 Å². The van der Waals surface area contributed by atoms with Crippen molar-refractivity contribution in [3.63, 3.8) is 0 Å². The maximum atomic E-state index is 8.13. The Kier molecular flexibility index (Phi) is 116. The zero-order valence-corrected chi connectivity index (χ0v) is 11.7. The molecule has 0 aliphatic heterocycles. The summed E-state index contributed by atoms with van der Waals surface area (Å²) in [6.07, 6.45) is 8.51. The van der Waals surface area contributed by atoms with Gasteiger partial charge in [-0.1, -0.05) is 12.8 Å². The van der Waals surface area contributed by atoms with Crippen LogP contribution in [-0.4, -0.2) is 23.4 Å². The Morgan fingerprint density at radius 1 is 0.882 bits per heavy atom. The Labute approximate surface area is 140 Å². The summed E-state index contributed by atoms with van der Waals surface area (Å²) in [7, 11) is 0. The Balaban J connectivity index is -0.0000000268. The van der Waals surface area contributed by atoms with Gasteiger partial charge in [-0.3, -0.25) is 13.2 Å². The summed E-state index contributed by atoms with van der Waals surface area (Å²) in [5.74, 6) is 0. The van der Waals surface area contributed by atoms with Crippen LogP contribution in [0.1, 0.15) is 25.7 Å². The fourth-order valence-electron chi connectivity index (χ4n) is 0.408. The predicted molar refractivity (Wildman–Crippen MR) is 55.3 cm³/mol. The first-order valence-electron chi connectivity index (χ1n) is 4.27. The van der Waals surface area contributed by atoms with Crippen molar-refractivity contribution in [1.29, 1.82) is 5.26 Å². The standard InChI is InChI=1S/2C5H9O.CN.Cu.2Li/c2*1-2-3-4-5-6;1-2;;;/h2*6H,1,3-5H2;;;;/q3*-1;3*+1. The van der Waals surface area contributed by atoms with Crippen LogP contribution in [-0.2, 0) is 17.1 Å². The minimum atomic E-state index is 0. The molecule has 0 aromatic rings. The van der Waals surface area contributed by atoms with Crippen molar-refractivity contribution < 1.29 is 65.0 Å². The van der Waals surface area contributed by atoms with Crippen LogP contribution in [0.3, 0.4) is 0 Å². The van der Waals surface area contributed by atoms with E-state index in [0.29, 0.717) is 0 Å². The Bertz CT molecular complexity index is 124. The van der Waals surface area contributed by atoms with E-state index in [9.17, 15) is 0 Å². The SMILES string of the molecule is C=[C-]CCCO.C=[C-]CCCO.[C-]#N.[Cu+].[Li+].[Li+]. The first-order valence-corrected chi connectivity index (χ1v) is 4.27. The molecule has 3 nitrogen and oxygen atoms in total. The van der Waals surface area contributed by atoms with Crippen molar-refractivity contribution in [2.75, 3.05) is 13.2 Å². The number of aliphatic hydroxyl groups is 2. The van der Waals surface area contributed by atoms with Gasteiger partial charge in [0.25, 0.3) is 0 Å². The maximum Gasteiger partial charge on any atom is 1.00 e. The van der Waals surface area contributed by atoms with E-state index in [2.05, 4.69) is 25.3 Å². The fourth-order valence-corrected chi connectivity index (χ4v) is 0.408. The van der Waals surface area contributed by atoms with Crippen LogP contribution in [0.4, 0.5) is 0 Å². The zero-order chi connectivity index (χ0) is 11.7. The van der Waals surface area contributed by atoms with Crippen LogP contribution in [0.15, 0.2) is 13.2 Å². The molecule has 0 heterocycles. The molecule has 0 aromatic heterocycles. The number of aliphatic hydroxyl groups excluding tert-OH is 2. The number of unbranched alkanes of at least 4 members (excludes halogenated alkanes) is 2. The summed E-state index contributed by atoms with van der Waals surface area (Å²) < 4.78 is 0. The Hall–Kier alpha value is 0.604. The number of allylic oxidation sites excluding steroid dienone is 2. The predicted octanol–water partition coefficient (Wildman–Crippen LogP) is -4.40. The molecule has 17 heavy (non-hydrogen) atoms. The molecule has 6 heteroatoms. The van der Waals surface area contributed by atoms with Crippen LogP contribution >= 0.6 is 0 Å². The molecular formula is C11H18CuLi2NO2. The quantitative estimate of drug-likeness (QED) is 0.292. The number of nitrogens with zero attached hydrogens (tertiary/aromatic N) is 1. The molecule has 0 radical (unpaired) electrons. The third kappa shape index (κ3) is 81.2. The van der Waals surface area contributed by atoms with Crippen LogP contribution < -0.4 is 37.7 Å². The average Bonchev–Trinajstić information content (AvgIpc) is 2.27. The molecule has 0 saturated carbocycles. The number of rotatable bonds is 6. The number of hydrogen-bond donors (Lipinski definition) is 2. The largest absolute Gasteiger partial charge is 1.00 e. The van der Waals surface area contributed by atoms with Crippen LogP contribution in [0.2, 0.25) is 0 Å². The summed E-state index contributed by atoms with van der Waals surface area (Å²) in [5.41, 5.74) is 0. The van der Waals surface area contributed by atoms with Gasteiger partial charge in [-0.05, 0) is 0 Å². The van der Waals surface area contributed by atoms with Gasteiger partial charge in [-0.25, -0.2) is 0 Å². The zero-order valence-electron chi connectivity index (χ0n) is 10.8. The molecule has 0 unspecified atom stereocenters. The van der Waals surface area contributed by atoms with E-state index in [1.807, 2.05) is 0 Å². The van der Waals surface area contributed by atoms with E-state index >= 15 is 0 Å². The second-order valence-corrected chi connectivity index (χ2v) is 2.15. The first kappa shape index (κ1) is 36.0. The maximum absolute atomic E-state index is 8.13. The van der Waals surface area contributed by atoms with Crippen LogP contribution in [0.5, 0.6) is 0 Å². The second-order valence-electron chi connectivity index (χ2n) is 2.15. The van der Waals surface area contributed by atoms with Gasteiger partial charge in [-0.2, -0.15) is 12.8 Å². The van der Waals surface area contributed by atoms with E-state index in [1.165, 1.54) is 0 Å². The molecule has 2 N–H and O–H groups in total. The van der Waals surface area contributed by atoms with E-state index in [4.69, 9.17) is 22.0 Å². The topological polar surface area (TPSA) is 64.2 Å². The summed E-state index contributed by atoms with van der Waals surface area (Å²) in [4.78, 5) is 0. The van der Waals surface area contributed by atoms with Gasteiger partial charge in [-0.15, -0.1) is 0 Å². The summed E-state index contributed by atoms with van der Waals surface area (Å²) in [6.45, 7) is 12.0. The van der Waals surface area contributed by atoms with E-state index in [1.54, 1.807) is 0 Å². The smallest absolute Gasteiger partial charge is 0.512 e. The summed E-state index contributed by atoms with van der Waals surface area (Å²) in [5, 5.41) is 22.5. The summed E-state index contributed by atoms with van der Waals surface area (Å²) >= 11 is 0. The van der Waals surface area contributed by atoms with Crippen LogP contribution in [0, 0.1) is 24.0 Å². The molecule has 0 amide bonds. The fraction of sp³-hybridized carbons (Fsp3) is 0.545. The summed E-state index contributed by atoms with van der Waals surface area (Å²) in [6, 6.07) is 0. The van der Waals surface area contributed by atoms with E-state index in [-0.39, 0.29) is 68.0 Å². The number of hydrogen-bond acceptors (Lipinski definition) is 3. The normalized spacial score (nSPS) is 5.88. The monoisotopic (exact) mass is 273 g/mol. The van der Waals surface area contributed by atoms with Gasteiger partial charge < -0.3 is 34.2 Å². The molecule has 0 rings (SSSR count). The molecule has 92 valence electrons. The first-order chi connectivity index (χ1) is 6.83. The molecule has 0 saturated heterocycles. The molecular weight excluding hydrogens is 256 g/mol. The molecule has 0 aromatic carbocycles. The van der Waals surface area contributed by atoms with Crippen molar-refractivity contribution in [1.82, 2.24) is 0 Å². The third-order valence-corrected chi connectivity index (χ3v) is 1.02. The van der Waals surface area contributed by atoms with E-state index in [0.717, 1.165) is 25.7 Å². The van der Waals surface area contributed by atoms with Crippen molar-refractivity contribution >= 4 is 0 Å². The van der Waals surface area contributed by atoms with Crippen LogP contribution in [0.25, 0.3) is 0 Å². The van der Waals surface area contributed by atoms with Gasteiger partial charge in [0.15, 0.2) is 0 Å². The molecule has 0 spiro atoms. The second kappa shape index (κ2) is 54.6. The van der Waals surface area contributed by atoms with Crippen molar-refractivity contribution in [2.24, 2.45) is 0 Å². The Morgan fingerprint density at radius 3 is 1.18 bits per heavy atom. The van der Waals surface area contributed by atoms with Gasteiger partial charge in [0, 0.05) is 13.2 Å². The minimum absolute atomic E-state index is 0. The molecule has 0 fully saturated rings. The molecule has 0 bridgehead atoms. The van der Waals surface area contributed by atoms with Gasteiger partial charge in [0.1, 0.15) is 0 Å². The van der Waals surface area contributed by atoms with Gasteiger partial charge in [0.05, 0.1) is 0 Å². The third-order valence-electron chi connectivity index (χ3n) is 1.02. The average molecular weight is 274 g/mol. The molecule has 0 aliphatic rings. The molecule has 0 atom stereocenters. The molecule has 0 aliphatic carbocycles. The van der Waals surface area contributed by atoms with Crippen molar-refractivity contribution in [3.05, 3.63) is 31.9 Å². The van der Waals surface area contributed by atoms with Crippen molar-refractivity contribution in [2.45, 2.75) is 25.7 Å².